The van der Waals surface area contributed by atoms with Gasteiger partial charge < -0.3 is 5.11 Å². The van der Waals surface area contributed by atoms with Crippen molar-refractivity contribution < 1.29 is 9.90 Å². The normalized spacial score (nSPS) is 9.85. The van der Waals surface area contributed by atoms with E-state index in [2.05, 4.69) is 30.9 Å². The fraction of sp³-hybridized carbons (Fsp3) is 0.0769. The summed E-state index contributed by atoms with van der Waals surface area (Å²) in [6, 6.07) is 8.43. The first-order valence-electron chi connectivity index (χ1n) is 5.60. The van der Waals surface area contributed by atoms with Crippen LogP contribution in [0.15, 0.2) is 46.1 Å². The molecule has 7 heteroatoms. The Hall–Kier alpha value is -2.37. The summed E-state index contributed by atoms with van der Waals surface area (Å²) in [6.07, 6.45) is 1.60. The number of nitrogens with zero attached hydrogens (tertiary/aromatic N) is 4. The van der Waals surface area contributed by atoms with Gasteiger partial charge in [-0.1, -0.05) is 27.1 Å². The van der Waals surface area contributed by atoms with Crippen molar-refractivity contribution in [3.8, 4) is 11.3 Å². The summed E-state index contributed by atoms with van der Waals surface area (Å²) in [6.45, 7) is 0.239. The quantitative estimate of drug-likeness (QED) is 0.519. The molecule has 100 valence electrons. The fourth-order valence-corrected chi connectivity index (χ4v) is 2.16. The SMILES string of the molecule is [N-]=[N+]=NCc1ccc(-c2cc(Br)cc(C(=O)O)c2)nc1. The molecular formula is C13H9BrN4O2. The Labute approximate surface area is 122 Å². The molecule has 0 fully saturated rings. The molecule has 0 saturated heterocycles. The largest absolute Gasteiger partial charge is 0.478 e. The summed E-state index contributed by atoms with van der Waals surface area (Å²) in [5.41, 5.74) is 10.6. The zero-order valence-electron chi connectivity index (χ0n) is 10.2. The number of carbonyl (C=O) groups is 1. The number of halogens is 1. The number of hydrogen-bond donors (Lipinski definition) is 1. The average molecular weight is 333 g/mol. The first kappa shape index (κ1) is 14.0. The molecule has 0 radical (unpaired) electrons. The first-order valence-corrected chi connectivity index (χ1v) is 6.39. The topological polar surface area (TPSA) is 99.0 Å². The molecular weight excluding hydrogens is 324 g/mol. The third kappa shape index (κ3) is 3.34. The Morgan fingerprint density at radius 1 is 1.40 bits per heavy atom. The van der Waals surface area contributed by atoms with Crippen molar-refractivity contribution in [3.05, 3.63) is 62.6 Å². The minimum atomic E-state index is -0.993. The van der Waals surface area contributed by atoms with Gasteiger partial charge >= 0.3 is 5.97 Å². The van der Waals surface area contributed by atoms with Crippen LogP contribution in [-0.2, 0) is 6.54 Å². The number of benzene rings is 1. The summed E-state index contributed by atoms with van der Waals surface area (Å²) in [5, 5.41) is 12.5. The van der Waals surface area contributed by atoms with Crippen LogP contribution in [0.1, 0.15) is 15.9 Å². The van der Waals surface area contributed by atoms with Crippen LogP contribution >= 0.6 is 15.9 Å². The monoisotopic (exact) mass is 332 g/mol. The van der Waals surface area contributed by atoms with Gasteiger partial charge in [0.05, 0.1) is 17.8 Å². The standard InChI is InChI=1S/C13H9BrN4O2/c14-11-4-9(3-10(5-11)13(19)20)12-2-1-8(6-16-12)7-17-18-15/h1-6H,7H2,(H,19,20). The van der Waals surface area contributed by atoms with E-state index in [-0.39, 0.29) is 12.1 Å². The van der Waals surface area contributed by atoms with E-state index in [1.54, 1.807) is 30.5 Å². The van der Waals surface area contributed by atoms with Gasteiger partial charge in [-0.25, -0.2) is 4.79 Å². The lowest BCUT2D eigenvalue weighted by Crippen LogP contribution is -1.97. The van der Waals surface area contributed by atoms with Crippen molar-refractivity contribution in [1.82, 2.24) is 4.98 Å². The molecule has 0 aliphatic rings. The number of pyridine rings is 1. The summed E-state index contributed by atoms with van der Waals surface area (Å²) >= 11 is 3.28. The smallest absolute Gasteiger partial charge is 0.335 e. The van der Waals surface area contributed by atoms with Crippen LogP contribution in [-0.4, -0.2) is 16.1 Å². The number of aromatic carboxylic acids is 1. The molecule has 1 aromatic heterocycles. The zero-order valence-corrected chi connectivity index (χ0v) is 11.8. The lowest BCUT2D eigenvalue weighted by atomic mass is 10.1. The first-order chi connectivity index (χ1) is 9.60. The Bertz CT molecular complexity index is 694. The van der Waals surface area contributed by atoms with Crippen LogP contribution in [0.25, 0.3) is 21.7 Å². The number of rotatable bonds is 4. The summed E-state index contributed by atoms with van der Waals surface area (Å²) in [7, 11) is 0. The Morgan fingerprint density at radius 3 is 2.80 bits per heavy atom. The van der Waals surface area contributed by atoms with E-state index in [4.69, 9.17) is 10.6 Å². The highest BCUT2D eigenvalue weighted by Gasteiger charge is 2.08. The highest BCUT2D eigenvalue weighted by molar-refractivity contribution is 9.10. The van der Waals surface area contributed by atoms with E-state index in [9.17, 15) is 4.79 Å². The fourth-order valence-electron chi connectivity index (χ4n) is 1.66. The molecule has 0 unspecified atom stereocenters. The molecule has 1 N–H and O–H groups in total. The maximum Gasteiger partial charge on any atom is 0.335 e. The minimum Gasteiger partial charge on any atom is -0.478 e. The number of aromatic nitrogens is 1. The van der Waals surface area contributed by atoms with Crippen LogP contribution in [0.3, 0.4) is 0 Å². The molecule has 0 aliphatic carbocycles. The van der Waals surface area contributed by atoms with E-state index >= 15 is 0 Å². The molecule has 2 rings (SSSR count). The number of carboxylic acid groups (broad SMARTS) is 1. The molecule has 6 nitrogen and oxygen atoms in total. The molecule has 1 heterocycles. The molecule has 0 amide bonds. The number of azide groups is 1. The van der Waals surface area contributed by atoms with Crippen molar-refractivity contribution in [1.29, 1.82) is 0 Å². The van der Waals surface area contributed by atoms with E-state index < -0.39 is 5.97 Å². The van der Waals surface area contributed by atoms with Crippen LogP contribution in [0.2, 0.25) is 0 Å². The highest BCUT2D eigenvalue weighted by atomic mass is 79.9. The third-order valence-electron chi connectivity index (χ3n) is 2.58. The Kier molecular flexibility index (Phi) is 4.34. The lowest BCUT2D eigenvalue weighted by Gasteiger charge is -2.05. The second kappa shape index (κ2) is 6.18. The van der Waals surface area contributed by atoms with Crippen molar-refractivity contribution in [3.63, 3.8) is 0 Å². The van der Waals surface area contributed by atoms with Crippen LogP contribution in [0.4, 0.5) is 0 Å². The van der Waals surface area contributed by atoms with E-state index in [1.807, 2.05) is 0 Å². The maximum absolute atomic E-state index is 11.0. The van der Waals surface area contributed by atoms with Gasteiger partial charge in [0, 0.05) is 21.1 Å². The number of hydrogen-bond acceptors (Lipinski definition) is 3. The van der Waals surface area contributed by atoms with Gasteiger partial charge in [0.2, 0.25) is 0 Å². The van der Waals surface area contributed by atoms with Crippen molar-refractivity contribution in [2.24, 2.45) is 5.11 Å². The maximum atomic E-state index is 11.0. The van der Waals surface area contributed by atoms with Crippen LogP contribution < -0.4 is 0 Å². The predicted molar refractivity (Wildman–Crippen MR) is 77.2 cm³/mol. The summed E-state index contributed by atoms with van der Waals surface area (Å²) in [5.74, 6) is -0.993. The summed E-state index contributed by atoms with van der Waals surface area (Å²) in [4.78, 5) is 17.9. The molecule has 0 bridgehead atoms. The van der Waals surface area contributed by atoms with Gasteiger partial charge in [-0.3, -0.25) is 4.98 Å². The average Bonchev–Trinajstić information content (AvgIpc) is 2.45. The van der Waals surface area contributed by atoms with Crippen LogP contribution in [0, 0.1) is 0 Å². The molecule has 1 aromatic carbocycles. The Balaban J connectivity index is 2.36. The molecule has 0 aliphatic heterocycles. The van der Waals surface area contributed by atoms with E-state index in [0.717, 1.165) is 5.56 Å². The Morgan fingerprint density at radius 2 is 2.20 bits per heavy atom. The lowest BCUT2D eigenvalue weighted by molar-refractivity contribution is 0.0697. The van der Waals surface area contributed by atoms with Gasteiger partial charge in [-0.05, 0) is 35.4 Å². The van der Waals surface area contributed by atoms with Gasteiger partial charge in [0.25, 0.3) is 0 Å². The predicted octanol–water partition coefficient (Wildman–Crippen LogP) is 4.02. The highest BCUT2D eigenvalue weighted by Crippen LogP contribution is 2.24. The molecule has 20 heavy (non-hydrogen) atoms. The van der Waals surface area contributed by atoms with Crippen molar-refractivity contribution in [2.75, 3.05) is 0 Å². The van der Waals surface area contributed by atoms with E-state index in [0.29, 0.717) is 15.7 Å². The third-order valence-corrected chi connectivity index (χ3v) is 3.04. The van der Waals surface area contributed by atoms with Crippen molar-refractivity contribution >= 4 is 21.9 Å². The molecule has 0 atom stereocenters. The second-order valence-electron chi connectivity index (χ2n) is 3.97. The van der Waals surface area contributed by atoms with E-state index in [1.165, 1.54) is 6.07 Å². The second-order valence-corrected chi connectivity index (χ2v) is 4.89. The van der Waals surface area contributed by atoms with Crippen molar-refractivity contribution in [2.45, 2.75) is 6.54 Å². The molecule has 0 saturated carbocycles. The molecule has 2 aromatic rings. The number of carboxylic acids is 1. The van der Waals surface area contributed by atoms with Crippen LogP contribution in [0.5, 0.6) is 0 Å². The zero-order chi connectivity index (χ0) is 14.5. The minimum absolute atomic E-state index is 0.189. The van der Waals surface area contributed by atoms with Gasteiger partial charge in [0.15, 0.2) is 0 Å². The van der Waals surface area contributed by atoms with Gasteiger partial charge in [0.1, 0.15) is 0 Å². The summed E-state index contributed by atoms with van der Waals surface area (Å²) < 4.78 is 0.673. The van der Waals surface area contributed by atoms with Gasteiger partial charge in [-0.15, -0.1) is 0 Å². The molecule has 0 spiro atoms. The van der Waals surface area contributed by atoms with Gasteiger partial charge in [-0.2, -0.15) is 0 Å².